The van der Waals surface area contributed by atoms with E-state index < -0.39 is 12.0 Å². The average molecular weight is 851 g/mol. The fourth-order valence-electron chi connectivity index (χ4n) is 5.15. The van der Waals surface area contributed by atoms with Gasteiger partial charge in [0, 0.05) is 5.56 Å². The number of aromatic nitrogens is 1. The van der Waals surface area contributed by atoms with Gasteiger partial charge in [0.25, 0.3) is 5.56 Å². The van der Waals surface area contributed by atoms with Gasteiger partial charge in [-0.05, 0) is 106 Å². The minimum atomic E-state index is -0.817. The van der Waals surface area contributed by atoms with Crippen LogP contribution in [-0.2, 0) is 16.1 Å². The molecule has 0 bridgehead atoms. The number of rotatable bonds is 11. The van der Waals surface area contributed by atoms with Crippen molar-refractivity contribution in [1.29, 1.82) is 0 Å². The van der Waals surface area contributed by atoms with E-state index in [4.69, 9.17) is 23.9 Å². The second kappa shape index (κ2) is 14.9. The fourth-order valence-corrected chi connectivity index (χ4v) is 8.30. The summed E-state index contributed by atoms with van der Waals surface area (Å²) in [5, 5.41) is 0. The van der Waals surface area contributed by atoms with E-state index in [2.05, 4.69) is 45.2 Å². The van der Waals surface area contributed by atoms with E-state index in [1.165, 1.54) is 11.3 Å². The van der Waals surface area contributed by atoms with Crippen LogP contribution in [0.1, 0.15) is 49.4 Å². The lowest BCUT2D eigenvalue weighted by molar-refractivity contribution is -0.139. The normalized spacial score (nSPS) is 14.5. The molecule has 1 aromatic heterocycles. The van der Waals surface area contributed by atoms with Crippen LogP contribution in [-0.4, -0.2) is 31.4 Å². The quantitative estimate of drug-likeness (QED) is 0.129. The molecule has 4 aromatic rings. The average Bonchev–Trinajstić information content (AvgIpc) is 3.34. The summed E-state index contributed by atoms with van der Waals surface area (Å²) >= 11 is 5.82. The Morgan fingerprint density at radius 1 is 1.02 bits per heavy atom. The maximum Gasteiger partial charge on any atom is 0.338 e. The van der Waals surface area contributed by atoms with Gasteiger partial charge in [0.1, 0.15) is 29.9 Å². The molecule has 0 saturated heterocycles. The Kier molecular flexibility index (Phi) is 11.0. The number of fused-ring (bicyclic) bond motifs is 1. The highest BCUT2D eigenvalue weighted by Gasteiger charge is 2.36. The molecule has 5 rings (SSSR count). The van der Waals surface area contributed by atoms with Crippen molar-refractivity contribution in [2.75, 3.05) is 20.8 Å². The summed E-state index contributed by atoms with van der Waals surface area (Å²) in [6, 6.07) is 18.5. The van der Waals surface area contributed by atoms with Gasteiger partial charge in [0.05, 0.1) is 43.8 Å². The number of methoxy groups -OCH3 is 2. The zero-order valence-corrected chi connectivity index (χ0v) is 30.4. The van der Waals surface area contributed by atoms with Gasteiger partial charge in [0.15, 0.2) is 4.80 Å². The molecule has 3 aromatic carbocycles. The molecule has 8 nitrogen and oxygen atoms in total. The van der Waals surface area contributed by atoms with Crippen LogP contribution in [0.3, 0.4) is 0 Å². The molecule has 0 fully saturated rings. The maximum atomic E-state index is 14.2. The summed E-state index contributed by atoms with van der Waals surface area (Å²) < 4.78 is 26.9. The zero-order chi connectivity index (χ0) is 32.1. The summed E-state index contributed by atoms with van der Waals surface area (Å²) in [6.45, 7) is 4.44. The van der Waals surface area contributed by atoms with Crippen LogP contribution in [0.5, 0.6) is 17.2 Å². The fraction of sp³-hybridized carbons (Fsp3) is 0.265. The Morgan fingerprint density at radius 2 is 1.76 bits per heavy atom. The first-order chi connectivity index (χ1) is 21.8. The molecule has 0 radical (unpaired) electrons. The summed E-state index contributed by atoms with van der Waals surface area (Å²) in [7, 11) is 3.13. The molecule has 11 heteroatoms. The minimum absolute atomic E-state index is 0.191. The third-order valence-electron chi connectivity index (χ3n) is 7.17. The molecule has 0 amide bonds. The van der Waals surface area contributed by atoms with Crippen molar-refractivity contribution in [1.82, 2.24) is 4.57 Å². The SMILES string of the molecule is CCCC1=C(C(=O)OCC)[C@H](c2cc(OC)ccc2OC)n2c(s/c(=C\c3cc(I)c(OCc4ccccc4)c(I)c3)c2=O)=N1. The van der Waals surface area contributed by atoms with Gasteiger partial charge in [-0.3, -0.25) is 9.36 Å². The first kappa shape index (κ1) is 33.2. The highest BCUT2D eigenvalue weighted by molar-refractivity contribution is 14.1. The molecule has 0 spiro atoms. The van der Waals surface area contributed by atoms with Crippen molar-refractivity contribution in [3.05, 3.63) is 115 Å². The topological polar surface area (TPSA) is 88.4 Å². The third-order valence-corrected chi connectivity index (χ3v) is 9.75. The minimum Gasteiger partial charge on any atom is -0.497 e. The van der Waals surface area contributed by atoms with E-state index in [9.17, 15) is 9.59 Å². The van der Waals surface area contributed by atoms with Crippen molar-refractivity contribution in [2.24, 2.45) is 4.99 Å². The van der Waals surface area contributed by atoms with Gasteiger partial charge in [0.2, 0.25) is 0 Å². The van der Waals surface area contributed by atoms with Crippen LogP contribution < -0.4 is 29.1 Å². The lowest BCUT2D eigenvalue weighted by atomic mass is 9.93. The van der Waals surface area contributed by atoms with Crippen LogP contribution in [0.25, 0.3) is 6.08 Å². The number of halogens is 2. The molecule has 0 aliphatic carbocycles. The van der Waals surface area contributed by atoms with Gasteiger partial charge >= 0.3 is 5.97 Å². The molecule has 0 saturated carbocycles. The Morgan fingerprint density at radius 3 is 2.40 bits per heavy atom. The molecule has 2 heterocycles. The zero-order valence-electron chi connectivity index (χ0n) is 25.3. The Hall–Kier alpha value is -3.17. The number of carbonyl (C=O) groups is 1. The second-order valence-electron chi connectivity index (χ2n) is 10.1. The second-order valence-corrected chi connectivity index (χ2v) is 13.4. The van der Waals surface area contributed by atoms with E-state index in [-0.39, 0.29) is 12.2 Å². The standard InChI is InChI=1S/C34H32I2N2O6S/c1-5-10-26-29(33(40)43-6-2)30(23-18-22(41-3)13-14-27(23)42-4)38-32(39)28(45-34(38)37-26)17-21-15-24(35)31(25(36)16-21)44-19-20-11-8-7-9-12-20/h7-9,11-18,30H,5-6,10,19H2,1-4H3/b28-17-/t30-/m0/s1. The molecular formula is C34H32I2N2O6S. The largest absolute Gasteiger partial charge is 0.497 e. The first-order valence-corrected chi connectivity index (χ1v) is 17.4. The highest BCUT2D eigenvalue weighted by atomic mass is 127. The monoisotopic (exact) mass is 850 g/mol. The predicted octanol–water partition coefficient (Wildman–Crippen LogP) is 6.38. The Bertz CT molecular complexity index is 1910. The molecule has 1 aliphatic heterocycles. The van der Waals surface area contributed by atoms with Crippen LogP contribution >= 0.6 is 56.5 Å². The number of carbonyl (C=O) groups excluding carboxylic acids is 1. The van der Waals surface area contributed by atoms with Gasteiger partial charge < -0.3 is 18.9 Å². The number of hydrogen-bond donors (Lipinski definition) is 0. The van der Waals surface area contributed by atoms with E-state index in [1.807, 2.05) is 55.5 Å². The summed E-state index contributed by atoms with van der Waals surface area (Å²) in [6.07, 6.45) is 3.17. The van der Waals surface area contributed by atoms with Gasteiger partial charge in [-0.2, -0.15) is 0 Å². The smallest absolute Gasteiger partial charge is 0.338 e. The number of thiazole rings is 1. The molecule has 1 atom stereocenters. The van der Waals surface area contributed by atoms with Gasteiger partial charge in [-0.1, -0.05) is 55.0 Å². The Balaban J connectivity index is 1.65. The van der Waals surface area contributed by atoms with E-state index in [0.29, 0.717) is 50.7 Å². The van der Waals surface area contributed by atoms with Crippen molar-refractivity contribution in [3.63, 3.8) is 0 Å². The van der Waals surface area contributed by atoms with Crippen molar-refractivity contribution >= 4 is 68.6 Å². The number of esters is 1. The molecule has 0 unspecified atom stereocenters. The lowest BCUT2D eigenvalue weighted by Gasteiger charge is -2.27. The first-order valence-electron chi connectivity index (χ1n) is 14.4. The Labute approximate surface area is 292 Å². The number of ether oxygens (including phenoxy) is 4. The number of nitrogens with zero attached hydrogens (tertiary/aromatic N) is 2. The number of hydrogen-bond acceptors (Lipinski definition) is 8. The van der Waals surface area contributed by atoms with Crippen LogP contribution in [0.4, 0.5) is 0 Å². The van der Waals surface area contributed by atoms with Crippen LogP contribution in [0.2, 0.25) is 0 Å². The highest BCUT2D eigenvalue weighted by Crippen LogP contribution is 2.39. The summed E-state index contributed by atoms with van der Waals surface area (Å²) in [4.78, 5) is 33.2. The van der Waals surface area contributed by atoms with Gasteiger partial charge in [-0.15, -0.1) is 0 Å². The van der Waals surface area contributed by atoms with E-state index >= 15 is 0 Å². The van der Waals surface area contributed by atoms with Crippen LogP contribution in [0.15, 0.2) is 81.7 Å². The molecule has 0 N–H and O–H groups in total. The molecular weight excluding hydrogens is 818 g/mol. The van der Waals surface area contributed by atoms with E-state index in [1.54, 1.807) is 43.9 Å². The molecule has 1 aliphatic rings. The summed E-state index contributed by atoms with van der Waals surface area (Å²) in [5.74, 6) is 1.38. The van der Waals surface area contributed by atoms with Crippen molar-refractivity contribution < 1.29 is 23.7 Å². The lowest BCUT2D eigenvalue weighted by Crippen LogP contribution is -2.40. The van der Waals surface area contributed by atoms with Crippen molar-refractivity contribution in [3.8, 4) is 17.2 Å². The number of benzene rings is 3. The van der Waals surface area contributed by atoms with Crippen LogP contribution in [0, 0.1) is 7.14 Å². The van der Waals surface area contributed by atoms with Gasteiger partial charge in [-0.25, -0.2) is 9.79 Å². The summed E-state index contributed by atoms with van der Waals surface area (Å²) in [5.41, 5.74) is 3.22. The number of allylic oxidation sites excluding steroid dienone is 1. The molecule has 45 heavy (non-hydrogen) atoms. The molecule has 234 valence electrons. The maximum absolute atomic E-state index is 14.2. The predicted molar refractivity (Wildman–Crippen MR) is 192 cm³/mol. The van der Waals surface area contributed by atoms with E-state index in [0.717, 1.165) is 30.4 Å². The third kappa shape index (κ3) is 7.14. The van der Waals surface area contributed by atoms with Crippen molar-refractivity contribution in [2.45, 2.75) is 39.3 Å².